The summed E-state index contributed by atoms with van der Waals surface area (Å²) in [4.78, 5) is 28.0. The van der Waals surface area contributed by atoms with Gasteiger partial charge in [-0.25, -0.2) is 0 Å². The highest BCUT2D eigenvalue weighted by Crippen LogP contribution is 2.18. The minimum Gasteiger partial charge on any atom is -0.350 e. The van der Waals surface area contributed by atoms with E-state index < -0.39 is 0 Å². The molecule has 1 aromatic carbocycles. The van der Waals surface area contributed by atoms with Crippen LogP contribution in [-0.2, 0) is 6.42 Å². The Kier molecular flexibility index (Phi) is 4.24. The Balaban J connectivity index is 1.55. The second-order valence-corrected chi connectivity index (χ2v) is 6.65. The van der Waals surface area contributed by atoms with Gasteiger partial charge >= 0.3 is 0 Å². The highest BCUT2D eigenvalue weighted by atomic mass is 32.1. The molecule has 0 saturated carbocycles. The molecule has 1 aromatic heterocycles. The molecule has 3 rings (SSSR count). The lowest BCUT2D eigenvalue weighted by Gasteiger charge is -2.28. The first-order valence-electron chi connectivity index (χ1n) is 7.37. The number of aryl methyl sites for hydroxylation is 1. The van der Waals surface area contributed by atoms with Gasteiger partial charge in [-0.2, -0.15) is 0 Å². The van der Waals surface area contributed by atoms with Crippen LogP contribution in [0.15, 0.2) is 36.4 Å². The zero-order valence-electron chi connectivity index (χ0n) is 12.5. The molecule has 0 radical (unpaired) electrons. The molecule has 2 aromatic rings. The maximum atomic E-state index is 12.4. The molecule has 0 bridgehead atoms. The normalized spacial score (nSPS) is 13.9. The third-order valence-corrected chi connectivity index (χ3v) is 4.82. The van der Waals surface area contributed by atoms with Crippen molar-refractivity contribution in [1.29, 1.82) is 0 Å². The van der Waals surface area contributed by atoms with E-state index in [0.29, 0.717) is 24.5 Å². The predicted octanol–water partition coefficient (Wildman–Crippen LogP) is 2.48. The van der Waals surface area contributed by atoms with Gasteiger partial charge < -0.3 is 10.2 Å². The molecule has 4 nitrogen and oxygen atoms in total. The fourth-order valence-corrected chi connectivity index (χ4v) is 3.42. The van der Waals surface area contributed by atoms with Crippen molar-refractivity contribution in [1.82, 2.24) is 10.2 Å². The van der Waals surface area contributed by atoms with Gasteiger partial charge in [-0.15, -0.1) is 11.3 Å². The molecule has 0 fully saturated rings. The quantitative estimate of drug-likeness (QED) is 0.942. The summed E-state index contributed by atoms with van der Waals surface area (Å²) in [5.74, 6) is -0.00831. The molecule has 1 aliphatic rings. The lowest BCUT2D eigenvalue weighted by Crippen LogP contribution is -2.42. The minimum absolute atomic E-state index is 0.0584. The first kappa shape index (κ1) is 14.8. The zero-order chi connectivity index (χ0) is 15.5. The monoisotopic (exact) mass is 314 g/mol. The van der Waals surface area contributed by atoms with Crippen molar-refractivity contribution >= 4 is 23.2 Å². The van der Waals surface area contributed by atoms with Crippen LogP contribution in [0.3, 0.4) is 0 Å². The molecule has 1 N–H and O–H groups in total. The molecule has 5 heteroatoms. The molecule has 1 aliphatic heterocycles. The number of fused-ring (bicyclic) bond motifs is 1. The van der Waals surface area contributed by atoms with Gasteiger partial charge in [0.1, 0.15) is 0 Å². The largest absolute Gasteiger partial charge is 0.350 e. The topological polar surface area (TPSA) is 49.4 Å². The second kappa shape index (κ2) is 6.32. The SMILES string of the molecule is Cc1ccc(C(=O)NCCN2CCc3ccccc3C2=O)s1. The van der Waals surface area contributed by atoms with Crippen LogP contribution in [0.2, 0.25) is 0 Å². The van der Waals surface area contributed by atoms with E-state index in [2.05, 4.69) is 5.32 Å². The molecule has 114 valence electrons. The number of nitrogens with one attached hydrogen (secondary N) is 1. The summed E-state index contributed by atoms with van der Waals surface area (Å²) in [5.41, 5.74) is 1.90. The molecular formula is C17H18N2O2S. The number of hydrogen-bond acceptors (Lipinski definition) is 3. The lowest BCUT2D eigenvalue weighted by molar-refractivity contribution is 0.0733. The molecule has 0 saturated heterocycles. The number of hydrogen-bond donors (Lipinski definition) is 1. The van der Waals surface area contributed by atoms with Gasteiger partial charge in [0.25, 0.3) is 11.8 Å². The van der Waals surface area contributed by atoms with Gasteiger partial charge in [-0.1, -0.05) is 18.2 Å². The first-order valence-corrected chi connectivity index (χ1v) is 8.18. The van der Waals surface area contributed by atoms with Gasteiger partial charge in [-0.05, 0) is 37.1 Å². The van der Waals surface area contributed by atoms with Crippen molar-refractivity contribution in [2.24, 2.45) is 0 Å². The summed E-state index contributed by atoms with van der Waals surface area (Å²) in [6.07, 6.45) is 0.875. The van der Waals surface area contributed by atoms with Gasteiger partial charge in [0.2, 0.25) is 0 Å². The van der Waals surface area contributed by atoms with Crippen LogP contribution >= 0.6 is 11.3 Å². The zero-order valence-corrected chi connectivity index (χ0v) is 13.3. The fraction of sp³-hybridized carbons (Fsp3) is 0.294. The van der Waals surface area contributed by atoms with Crippen LogP contribution < -0.4 is 5.32 Å². The van der Waals surface area contributed by atoms with E-state index in [1.807, 2.05) is 48.2 Å². The van der Waals surface area contributed by atoms with Gasteiger partial charge in [0.15, 0.2) is 0 Å². The number of carbonyl (C=O) groups is 2. The van der Waals surface area contributed by atoms with Crippen molar-refractivity contribution < 1.29 is 9.59 Å². The smallest absolute Gasteiger partial charge is 0.261 e. The Morgan fingerprint density at radius 1 is 1.27 bits per heavy atom. The van der Waals surface area contributed by atoms with Crippen LogP contribution in [0.5, 0.6) is 0 Å². The molecule has 0 unspecified atom stereocenters. The van der Waals surface area contributed by atoms with Crippen molar-refractivity contribution in [2.45, 2.75) is 13.3 Å². The van der Waals surface area contributed by atoms with Crippen LogP contribution in [0.4, 0.5) is 0 Å². The van der Waals surface area contributed by atoms with E-state index in [-0.39, 0.29) is 11.8 Å². The number of amides is 2. The average Bonchev–Trinajstić information content (AvgIpc) is 2.96. The maximum Gasteiger partial charge on any atom is 0.261 e. The summed E-state index contributed by atoms with van der Waals surface area (Å²) >= 11 is 1.48. The fourth-order valence-electron chi connectivity index (χ4n) is 2.64. The van der Waals surface area contributed by atoms with E-state index in [9.17, 15) is 9.59 Å². The number of benzene rings is 1. The van der Waals surface area contributed by atoms with Crippen LogP contribution in [0, 0.1) is 6.92 Å². The number of nitrogens with zero attached hydrogens (tertiary/aromatic N) is 1. The molecule has 22 heavy (non-hydrogen) atoms. The van der Waals surface area contributed by atoms with Crippen LogP contribution in [-0.4, -0.2) is 36.3 Å². The maximum absolute atomic E-state index is 12.4. The summed E-state index contributed by atoms with van der Waals surface area (Å²) in [6.45, 7) is 3.71. The highest BCUT2D eigenvalue weighted by molar-refractivity contribution is 7.13. The molecule has 0 spiro atoms. The van der Waals surface area contributed by atoms with Crippen molar-refractivity contribution in [3.63, 3.8) is 0 Å². The van der Waals surface area contributed by atoms with E-state index in [1.165, 1.54) is 11.3 Å². The van der Waals surface area contributed by atoms with E-state index in [0.717, 1.165) is 22.4 Å². The highest BCUT2D eigenvalue weighted by Gasteiger charge is 2.23. The Hall–Kier alpha value is -2.14. The molecular weight excluding hydrogens is 296 g/mol. The predicted molar refractivity (Wildman–Crippen MR) is 87.4 cm³/mol. The lowest BCUT2D eigenvalue weighted by atomic mass is 9.99. The first-order chi connectivity index (χ1) is 10.6. The number of thiophene rings is 1. The third kappa shape index (κ3) is 3.04. The van der Waals surface area contributed by atoms with Crippen molar-refractivity contribution in [2.75, 3.05) is 19.6 Å². The summed E-state index contributed by atoms with van der Waals surface area (Å²) in [5, 5.41) is 2.88. The van der Waals surface area contributed by atoms with Crippen LogP contribution in [0.25, 0.3) is 0 Å². The minimum atomic E-state index is -0.0667. The second-order valence-electron chi connectivity index (χ2n) is 5.37. The standard InChI is InChI=1S/C17H18N2O2S/c1-12-6-7-15(22-12)16(20)18-9-11-19-10-8-13-4-2-3-5-14(13)17(19)21/h2-7H,8-11H2,1H3,(H,18,20). The summed E-state index contributed by atoms with van der Waals surface area (Å²) in [7, 11) is 0. The number of carbonyl (C=O) groups excluding carboxylic acids is 2. The van der Waals surface area contributed by atoms with Gasteiger partial charge in [0, 0.05) is 30.1 Å². The van der Waals surface area contributed by atoms with E-state index >= 15 is 0 Å². The summed E-state index contributed by atoms with van der Waals surface area (Å²) in [6, 6.07) is 11.5. The molecule has 0 atom stereocenters. The molecule has 0 aliphatic carbocycles. The number of rotatable bonds is 4. The van der Waals surface area contributed by atoms with Gasteiger partial charge in [0.05, 0.1) is 4.88 Å². The van der Waals surface area contributed by atoms with Crippen molar-refractivity contribution in [3.05, 3.63) is 57.3 Å². The molecule has 2 heterocycles. The Morgan fingerprint density at radius 2 is 2.09 bits per heavy atom. The van der Waals surface area contributed by atoms with E-state index in [4.69, 9.17) is 0 Å². The van der Waals surface area contributed by atoms with Gasteiger partial charge in [-0.3, -0.25) is 9.59 Å². The Labute approximate surface area is 133 Å². The molecule has 2 amide bonds. The summed E-state index contributed by atoms with van der Waals surface area (Å²) < 4.78 is 0. The van der Waals surface area contributed by atoms with E-state index in [1.54, 1.807) is 0 Å². The Bertz CT molecular complexity index is 708. The average molecular weight is 314 g/mol. The van der Waals surface area contributed by atoms with Crippen molar-refractivity contribution in [3.8, 4) is 0 Å². The third-order valence-electron chi connectivity index (χ3n) is 3.82. The van der Waals surface area contributed by atoms with Crippen LogP contribution in [0.1, 0.15) is 30.5 Å². The Morgan fingerprint density at radius 3 is 2.86 bits per heavy atom.